The van der Waals surface area contributed by atoms with Gasteiger partial charge in [-0.25, -0.2) is 8.78 Å². The van der Waals surface area contributed by atoms with Crippen molar-refractivity contribution in [1.29, 1.82) is 0 Å². The summed E-state index contributed by atoms with van der Waals surface area (Å²) in [6.07, 6.45) is 0. The second kappa shape index (κ2) is 8.84. The fraction of sp³-hybridized carbons (Fsp3) is 0.0714. The van der Waals surface area contributed by atoms with Crippen LogP contribution in [-0.2, 0) is 4.79 Å². The van der Waals surface area contributed by atoms with Gasteiger partial charge in [-0.2, -0.15) is 0 Å². The Morgan fingerprint density at radius 1 is 1.17 bits per heavy atom. The van der Waals surface area contributed by atoms with E-state index < -0.39 is 18.8 Å². The average molecular weight is 377 g/mol. The van der Waals surface area contributed by atoms with E-state index in [1.807, 2.05) is 0 Å². The Balaban J connectivity index is 0.000000240. The van der Waals surface area contributed by atoms with Crippen LogP contribution in [0, 0.1) is 11.6 Å². The van der Waals surface area contributed by atoms with Crippen LogP contribution in [0.15, 0.2) is 30.3 Å². The minimum absolute atomic E-state index is 0.0353. The van der Waals surface area contributed by atoms with Crippen LogP contribution in [0.1, 0.15) is 6.92 Å². The molecule has 0 spiro atoms. The summed E-state index contributed by atoms with van der Waals surface area (Å²) in [7, 11) is -1.94. The first-order valence-electron chi connectivity index (χ1n) is 6.45. The minimum atomic E-state index is -1.94. The first-order valence-corrected chi connectivity index (χ1v) is 7.21. The van der Waals surface area contributed by atoms with Crippen molar-refractivity contribution in [1.82, 2.24) is 0 Å². The zero-order valence-electron chi connectivity index (χ0n) is 12.4. The second-order valence-corrected chi connectivity index (χ2v) is 5.36. The number of nitrogen functional groups attached to an aromatic ring is 1. The molecule has 0 radical (unpaired) electrons. The molecule has 0 atom stereocenters. The number of carbonyl (C=O) groups excluding carboxylic acids is 1. The number of anilines is 2. The number of carbonyl (C=O) groups is 1. The van der Waals surface area contributed by atoms with Gasteiger partial charge in [0.1, 0.15) is 11.6 Å². The number of hydrogen-bond acceptors (Lipinski definition) is 4. The summed E-state index contributed by atoms with van der Waals surface area (Å²) in [6, 6.07) is 6.65. The fourth-order valence-corrected chi connectivity index (χ4v) is 1.90. The molecule has 0 aromatic heterocycles. The largest absolute Gasteiger partial charge is 0.493 e. The second-order valence-electron chi connectivity index (χ2n) is 4.55. The summed E-state index contributed by atoms with van der Waals surface area (Å²) in [5.74, 6) is -1.67. The lowest BCUT2D eigenvalue weighted by Crippen LogP contribution is -2.35. The number of nitrogens with one attached hydrogen (secondary N) is 1. The molecule has 1 amide bonds. The molecule has 0 bridgehead atoms. The Labute approximate surface area is 147 Å². The number of rotatable bonds is 2. The number of halogens is 4. The van der Waals surface area contributed by atoms with Crippen molar-refractivity contribution in [2.24, 2.45) is 0 Å². The Morgan fingerprint density at radius 3 is 2.21 bits per heavy atom. The SMILES string of the molecule is CC(=O)Nc1ccc(Cl)c(F)c1.Nc1ccc(Cl)c(F)c1B(O)O. The van der Waals surface area contributed by atoms with Gasteiger partial charge < -0.3 is 21.1 Å². The smallest absolute Gasteiger partial charge is 0.423 e. The van der Waals surface area contributed by atoms with Crippen LogP contribution in [-0.4, -0.2) is 23.1 Å². The Hall–Kier alpha value is -1.87. The average Bonchev–Trinajstić information content (AvgIpc) is 2.47. The molecule has 0 saturated carbocycles. The van der Waals surface area contributed by atoms with Crippen molar-refractivity contribution < 1.29 is 23.6 Å². The number of amides is 1. The third-order valence-corrected chi connectivity index (χ3v) is 3.26. The third kappa shape index (κ3) is 5.65. The van der Waals surface area contributed by atoms with Gasteiger partial charge in [0.15, 0.2) is 0 Å². The lowest BCUT2D eigenvalue weighted by atomic mass is 9.78. The van der Waals surface area contributed by atoms with Gasteiger partial charge in [-0.1, -0.05) is 23.2 Å². The molecule has 10 heteroatoms. The van der Waals surface area contributed by atoms with Gasteiger partial charge >= 0.3 is 7.12 Å². The highest BCUT2D eigenvalue weighted by molar-refractivity contribution is 6.61. The van der Waals surface area contributed by atoms with Gasteiger partial charge in [0.05, 0.1) is 10.0 Å². The van der Waals surface area contributed by atoms with Gasteiger partial charge in [-0.3, -0.25) is 4.79 Å². The zero-order valence-corrected chi connectivity index (χ0v) is 13.9. The summed E-state index contributed by atoms with van der Waals surface area (Å²) in [6.45, 7) is 1.35. The molecule has 5 N–H and O–H groups in total. The van der Waals surface area contributed by atoms with Crippen molar-refractivity contribution >= 4 is 53.1 Å². The molecule has 0 aliphatic rings. The zero-order chi connectivity index (χ0) is 18.4. The topological polar surface area (TPSA) is 95.6 Å². The van der Waals surface area contributed by atoms with E-state index in [1.54, 1.807) is 0 Å². The molecule has 0 saturated heterocycles. The van der Waals surface area contributed by atoms with Gasteiger partial charge in [0.2, 0.25) is 5.91 Å². The summed E-state index contributed by atoms with van der Waals surface area (Å²) in [5, 5.41) is 19.7. The van der Waals surface area contributed by atoms with E-state index in [0.717, 1.165) is 0 Å². The molecule has 2 rings (SSSR count). The maximum atomic E-state index is 13.0. The normalized spacial score (nSPS) is 9.79. The Bertz CT molecular complexity index is 748. The lowest BCUT2D eigenvalue weighted by Gasteiger charge is -2.06. The maximum Gasteiger partial charge on any atom is 0.493 e. The van der Waals surface area contributed by atoms with Crippen LogP contribution in [0.3, 0.4) is 0 Å². The molecule has 5 nitrogen and oxygen atoms in total. The fourth-order valence-electron chi connectivity index (χ4n) is 1.62. The monoisotopic (exact) mass is 376 g/mol. The van der Waals surface area contributed by atoms with E-state index in [9.17, 15) is 13.6 Å². The molecule has 128 valence electrons. The first kappa shape index (κ1) is 20.2. The summed E-state index contributed by atoms with van der Waals surface area (Å²) in [4.78, 5) is 10.5. The molecular formula is C14H13BCl2F2N2O3. The number of nitrogens with two attached hydrogens (primary N) is 1. The van der Waals surface area contributed by atoms with Crippen molar-refractivity contribution in [3.63, 3.8) is 0 Å². The number of hydrogen-bond donors (Lipinski definition) is 4. The van der Waals surface area contributed by atoms with E-state index in [0.29, 0.717) is 5.69 Å². The molecule has 24 heavy (non-hydrogen) atoms. The van der Waals surface area contributed by atoms with E-state index >= 15 is 0 Å². The van der Waals surface area contributed by atoms with Gasteiger partial charge in [0, 0.05) is 23.8 Å². The van der Waals surface area contributed by atoms with E-state index in [-0.39, 0.29) is 27.1 Å². The van der Waals surface area contributed by atoms with Gasteiger partial charge in [-0.15, -0.1) is 0 Å². The summed E-state index contributed by atoms with van der Waals surface area (Å²) in [5.41, 5.74) is 5.26. The molecule has 0 fully saturated rings. The van der Waals surface area contributed by atoms with Crippen molar-refractivity contribution in [3.8, 4) is 0 Å². The number of benzene rings is 2. The first-order chi connectivity index (χ1) is 11.1. The van der Waals surface area contributed by atoms with Crippen LogP contribution in [0.4, 0.5) is 20.2 Å². The molecule has 2 aromatic carbocycles. The lowest BCUT2D eigenvalue weighted by molar-refractivity contribution is -0.114. The van der Waals surface area contributed by atoms with E-state index in [4.69, 9.17) is 39.0 Å². The standard InChI is InChI=1S/C8H7ClFNO.C6H6BClFNO2/c1-5(12)11-6-2-3-7(9)8(10)4-6;8-3-1-2-4(10)5(6(3)9)7(11)12/h2-4H,1H3,(H,11,12);1-2,11-12H,10H2. The van der Waals surface area contributed by atoms with E-state index in [2.05, 4.69) is 5.32 Å². The molecule has 0 aliphatic carbocycles. The quantitative estimate of drug-likeness (QED) is 0.477. The Kier molecular flexibility index (Phi) is 7.43. The molecule has 0 aliphatic heterocycles. The van der Waals surface area contributed by atoms with Crippen molar-refractivity contribution in [3.05, 3.63) is 52.0 Å². The third-order valence-electron chi connectivity index (χ3n) is 2.66. The predicted molar refractivity (Wildman–Crippen MR) is 91.4 cm³/mol. The van der Waals surface area contributed by atoms with Crippen LogP contribution in [0.5, 0.6) is 0 Å². The van der Waals surface area contributed by atoms with Crippen LogP contribution < -0.4 is 16.5 Å². The van der Waals surface area contributed by atoms with Crippen LogP contribution in [0.25, 0.3) is 0 Å². The predicted octanol–water partition coefficient (Wildman–Crippen LogP) is 2.18. The maximum absolute atomic E-state index is 13.0. The molecular weight excluding hydrogens is 364 g/mol. The van der Waals surface area contributed by atoms with E-state index in [1.165, 1.54) is 37.3 Å². The van der Waals surface area contributed by atoms with Crippen molar-refractivity contribution in [2.75, 3.05) is 11.1 Å². The molecule has 0 unspecified atom stereocenters. The van der Waals surface area contributed by atoms with Crippen LogP contribution in [0.2, 0.25) is 10.0 Å². The Morgan fingerprint density at radius 2 is 1.75 bits per heavy atom. The van der Waals surface area contributed by atoms with Crippen molar-refractivity contribution in [2.45, 2.75) is 6.92 Å². The highest BCUT2D eigenvalue weighted by Gasteiger charge is 2.21. The van der Waals surface area contributed by atoms with Gasteiger partial charge in [0.25, 0.3) is 0 Å². The highest BCUT2D eigenvalue weighted by Crippen LogP contribution is 2.18. The van der Waals surface area contributed by atoms with Gasteiger partial charge in [-0.05, 0) is 30.3 Å². The molecule has 0 heterocycles. The molecule has 2 aromatic rings. The minimum Gasteiger partial charge on any atom is -0.423 e. The highest BCUT2D eigenvalue weighted by atomic mass is 35.5. The summed E-state index contributed by atoms with van der Waals surface area (Å²) >= 11 is 10.8. The summed E-state index contributed by atoms with van der Waals surface area (Å²) < 4.78 is 25.7. The van der Waals surface area contributed by atoms with Crippen LogP contribution >= 0.6 is 23.2 Å².